The maximum Gasteiger partial charge on any atom is 0.315 e. The number of fused-ring (bicyclic) bond motifs is 1. The zero-order chi connectivity index (χ0) is 13.9. The minimum Gasteiger partial charge on any atom is -0.390 e. The fraction of sp³-hybridized carbons (Fsp3) is 0.286. The molecule has 3 rings (SSSR count). The molecule has 0 aliphatic heterocycles. The molecule has 6 heteroatoms. The molecular weight excluding hydrogens is 274 g/mol. The lowest BCUT2D eigenvalue weighted by molar-refractivity contribution is 0.142. The first kappa shape index (κ1) is 13.1. The number of hydrogen-bond donors (Lipinski definition) is 3. The summed E-state index contributed by atoms with van der Waals surface area (Å²) in [6.07, 6.45) is 0.00476. The monoisotopic (exact) mass is 289 g/mol. The summed E-state index contributed by atoms with van der Waals surface area (Å²) in [5.41, 5.74) is 4.64. The van der Waals surface area contributed by atoms with E-state index in [0.717, 1.165) is 16.8 Å². The molecule has 1 aliphatic carbocycles. The average molecular weight is 289 g/mol. The topological polar surface area (TPSA) is 74.2 Å². The van der Waals surface area contributed by atoms with Gasteiger partial charge in [-0.05, 0) is 11.1 Å². The van der Waals surface area contributed by atoms with Gasteiger partial charge in [-0.3, -0.25) is 0 Å². The van der Waals surface area contributed by atoms with Crippen LogP contribution in [0.15, 0.2) is 35.2 Å². The Morgan fingerprint density at radius 2 is 2.30 bits per heavy atom. The zero-order valence-electron chi connectivity index (χ0n) is 10.7. The van der Waals surface area contributed by atoms with E-state index in [1.165, 1.54) is 11.3 Å². The number of hydrogen-bond acceptors (Lipinski definition) is 4. The third-order valence-corrected chi connectivity index (χ3v) is 4.04. The molecule has 0 bridgehead atoms. The molecule has 3 N–H and O–H groups in total. The molecule has 0 saturated heterocycles. The van der Waals surface area contributed by atoms with E-state index < -0.39 is 6.10 Å². The highest BCUT2D eigenvalue weighted by molar-refractivity contribution is 7.07. The van der Waals surface area contributed by atoms with Crippen LogP contribution in [0.5, 0.6) is 0 Å². The Balaban J connectivity index is 1.61. The maximum absolute atomic E-state index is 11.9. The Hall–Kier alpha value is -1.92. The summed E-state index contributed by atoms with van der Waals surface area (Å²) in [7, 11) is 0. The van der Waals surface area contributed by atoms with Crippen molar-refractivity contribution in [2.24, 2.45) is 0 Å². The number of carbonyl (C=O) groups excluding carboxylic acids is 1. The van der Waals surface area contributed by atoms with E-state index in [2.05, 4.69) is 15.6 Å². The van der Waals surface area contributed by atoms with Gasteiger partial charge in [0.15, 0.2) is 0 Å². The van der Waals surface area contributed by atoms with Gasteiger partial charge in [0.05, 0.1) is 29.9 Å². The van der Waals surface area contributed by atoms with Crippen molar-refractivity contribution in [2.75, 3.05) is 0 Å². The Kier molecular flexibility index (Phi) is 3.66. The van der Waals surface area contributed by atoms with Gasteiger partial charge in [0.25, 0.3) is 0 Å². The number of aliphatic hydroxyl groups is 1. The van der Waals surface area contributed by atoms with Crippen LogP contribution in [0.3, 0.4) is 0 Å². The van der Waals surface area contributed by atoms with E-state index in [9.17, 15) is 9.90 Å². The second kappa shape index (κ2) is 5.60. The first-order valence-electron chi connectivity index (χ1n) is 6.41. The maximum atomic E-state index is 11.9. The van der Waals surface area contributed by atoms with Crippen LogP contribution in [0.1, 0.15) is 22.9 Å². The molecule has 1 aliphatic rings. The summed E-state index contributed by atoms with van der Waals surface area (Å²) in [5, 5.41) is 17.5. The Labute approximate surface area is 120 Å². The summed E-state index contributed by atoms with van der Waals surface area (Å²) in [6.45, 7) is 0.389. The number of benzene rings is 1. The summed E-state index contributed by atoms with van der Waals surface area (Å²) in [4.78, 5) is 16.0. The smallest absolute Gasteiger partial charge is 0.315 e. The molecule has 0 fully saturated rings. The van der Waals surface area contributed by atoms with E-state index >= 15 is 0 Å². The zero-order valence-corrected chi connectivity index (χ0v) is 11.6. The highest BCUT2D eigenvalue weighted by atomic mass is 32.1. The van der Waals surface area contributed by atoms with Crippen LogP contribution in [-0.4, -0.2) is 22.2 Å². The lowest BCUT2D eigenvalue weighted by atomic mass is 10.1. The van der Waals surface area contributed by atoms with Crippen molar-refractivity contribution in [3.05, 3.63) is 52.0 Å². The van der Waals surface area contributed by atoms with E-state index in [4.69, 9.17) is 0 Å². The van der Waals surface area contributed by atoms with Crippen LogP contribution in [0.2, 0.25) is 0 Å². The molecule has 2 aromatic rings. The van der Waals surface area contributed by atoms with Crippen molar-refractivity contribution < 1.29 is 9.90 Å². The molecule has 1 aromatic carbocycles. The van der Waals surface area contributed by atoms with Crippen molar-refractivity contribution in [1.82, 2.24) is 15.6 Å². The quantitative estimate of drug-likeness (QED) is 0.803. The van der Waals surface area contributed by atoms with Gasteiger partial charge in [0.2, 0.25) is 0 Å². The van der Waals surface area contributed by atoms with Crippen LogP contribution in [0.25, 0.3) is 0 Å². The number of nitrogens with zero attached hydrogens (tertiary/aromatic N) is 1. The number of rotatable bonds is 3. The predicted octanol–water partition coefficient (Wildman–Crippen LogP) is 1.60. The van der Waals surface area contributed by atoms with E-state index in [-0.39, 0.29) is 12.1 Å². The molecule has 104 valence electrons. The fourth-order valence-corrected chi connectivity index (χ4v) is 2.99. The van der Waals surface area contributed by atoms with Crippen LogP contribution < -0.4 is 10.6 Å². The molecular formula is C14H15N3O2S. The molecule has 1 aromatic heterocycles. The lowest BCUT2D eigenvalue weighted by Gasteiger charge is -2.18. The van der Waals surface area contributed by atoms with Crippen molar-refractivity contribution in [3.8, 4) is 0 Å². The number of aromatic nitrogens is 1. The van der Waals surface area contributed by atoms with Crippen molar-refractivity contribution in [2.45, 2.75) is 25.1 Å². The predicted molar refractivity (Wildman–Crippen MR) is 76.4 cm³/mol. The normalized spacial score (nSPS) is 20.4. The highest BCUT2D eigenvalue weighted by Crippen LogP contribution is 2.30. The summed E-state index contributed by atoms with van der Waals surface area (Å²) < 4.78 is 0. The first-order valence-corrected chi connectivity index (χ1v) is 7.35. The summed E-state index contributed by atoms with van der Waals surface area (Å²) >= 11 is 1.49. The van der Waals surface area contributed by atoms with Crippen LogP contribution in [-0.2, 0) is 13.0 Å². The Bertz CT molecular complexity index is 600. The minimum atomic E-state index is -0.572. The largest absolute Gasteiger partial charge is 0.390 e. The molecule has 0 spiro atoms. The van der Waals surface area contributed by atoms with Gasteiger partial charge in [-0.2, -0.15) is 0 Å². The SMILES string of the molecule is O=C(NCc1cscn1)N[C@H]1c2ccccc2C[C@H]1O. The van der Waals surface area contributed by atoms with Gasteiger partial charge in [0, 0.05) is 11.8 Å². The number of carbonyl (C=O) groups is 1. The second-order valence-corrected chi connectivity index (χ2v) is 5.47. The van der Waals surface area contributed by atoms with Gasteiger partial charge in [-0.25, -0.2) is 9.78 Å². The van der Waals surface area contributed by atoms with E-state index in [0.29, 0.717) is 13.0 Å². The van der Waals surface area contributed by atoms with Gasteiger partial charge < -0.3 is 15.7 Å². The Morgan fingerprint density at radius 1 is 1.45 bits per heavy atom. The number of urea groups is 1. The fourth-order valence-electron chi connectivity index (χ4n) is 2.44. The lowest BCUT2D eigenvalue weighted by Crippen LogP contribution is -2.40. The van der Waals surface area contributed by atoms with E-state index in [1.54, 1.807) is 5.51 Å². The third kappa shape index (κ3) is 2.66. The molecule has 0 radical (unpaired) electrons. The van der Waals surface area contributed by atoms with Crippen LogP contribution in [0, 0.1) is 0 Å². The first-order chi connectivity index (χ1) is 9.74. The number of amides is 2. The molecule has 20 heavy (non-hydrogen) atoms. The van der Waals surface area contributed by atoms with Crippen molar-refractivity contribution in [1.29, 1.82) is 0 Å². The molecule has 2 atom stereocenters. The van der Waals surface area contributed by atoms with Crippen LogP contribution >= 0.6 is 11.3 Å². The second-order valence-electron chi connectivity index (χ2n) is 4.75. The molecule has 1 heterocycles. The van der Waals surface area contributed by atoms with Crippen molar-refractivity contribution >= 4 is 17.4 Å². The standard InChI is InChI=1S/C14H15N3O2S/c18-12-5-9-3-1-2-4-11(9)13(12)17-14(19)15-6-10-7-20-8-16-10/h1-4,7-8,12-13,18H,5-6H2,(H2,15,17,19)/t12-,13+/m1/s1. The van der Waals surface area contributed by atoms with Gasteiger partial charge in [-0.15, -0.1) is 11.3 Å². The Morgan fingerprint density at radius 3 is 3.10 bits per heavy atom. The molecule has 5 nitrogen and oxygen atoms in total. The highest BCUT2D eigenvalue weighted by Gasteiger charge is 2.31. The third-order valence-electron chi connectivity index (χ3n) is 3.40. The molecule has 0 saturated carbocycles. The van der Waals surface area contributed by atoms with E-state index in [1.807, 2.05) is 29.6 Å². The van der Waals surface area contributed by atoms with Gasteiger partial charge in [-0.1, -0.05) is 24.3 Å². The molecule has 2 amide bonds. The van der Waals surface area contributed by atoms with Crippen molar-refractivity contribution in [3.63, 3.8) is 0 Å². The van der Waals surface area contributed by atoms with Gasteiger partial charge >= 0.3 is 6.03 Å². The average Bonchev–Trinajstić information content (AvgIpc) is 3.06. The summed E-state index contributed by atoms with van der Waals surface area (Å²) in [6, 6.07) is 7.14. The minimum absolute atomic E-state index is 0.293. The number of nitrogens with one attached hydrogen (secondary N) is 2. The number of aliphatic hydroxyl groups excluding tert-OH is 1. The van der Waals surface area contributed by atoms with Gasteiger partial charge in [0.1, 0.15) is 0 Å². The molecule has 0 unspecified atom stereocenters. The van der Waals surface area contributed by atoms with Crippen LogP contribution in [0.4, 0.5) is 4.79 Å². The number of thiazole rings is 1. The summed E-state index contributed by atoms with van der Waals surface area (Å²) in [5.74, 6) is 0.